The molecule has 0 atom stereocenters. The Bertz CT molecular complexity index is 516. The molecule has 14 heavy (non-hydrogen) atoms. The van der Waals surface area contributed by atoms with E-state index in [1.807, 2.05) is 6.07 Å². The zero-order valence-corrected chi connectivity index (χ0v) is 8.01. The first kappa shape index (κ1) is 8.97. The van der Waals surface area contributed by atoms with Gasteiger partial charge in [0.2, 0.25) is 0 Å². The molecular formula is C10H7ClN2O. The van der Waals surface area contributed by atoms with Crippen molar-refractivity contribution in [1.29, 1.82) is 0 Å². The van der Waals surface area contributed by atoms with Crippen molar-refractivity contribution in [3.05, 3.63) is 35.0 Å². The quantitative estimate of drug-likeness (QED) is 0.717. The third-order valence-electron chi connectivity index (χ3n) is 1.96. The van der Waals surface area contributed by atoms with E-state index in [-0.39, 0.29) is 5.91 Å². The van der Waals surface area contributed by atoms with E-state index < -0.39 is 0 Å². The molecule has 0 radical (unpaired) electrons. The predicted molar refractivity (Wildman–Crippen MR) is 57.2 cm³/mol. The normalized spacial score (nSPS) is 10.4. The van der Waals surface area contributed by atoms with Gasteiger partial charge in [-0.3, -0.25) is 4.79 Å². The lowest BCUT2D eigenvalue weighted by Gasteiger charge is -1.88. The summed E-state index contributed by atoms with van der Waals surface area (Å²) in [5.74, 6) is -0.364. The average Bonchev–Trinajstić information content (AvgIpc) is 2.59. The van der Waals surface area contributed by atoms with Crippen molar-refractivity contribution in [1.82, 2.24) is 4.98 Å². The Kier molecular flexibility index (Phi) is 2.09. The Labute approximate surface area is 85.4 Å². The second-order valence-corrected chi connectivity index (χ2v) is 3.31. The Morgan fingerprint density at radius 1 is 1.43 bits per heavy atom. The molecule has 1 N–H and O–H groups in total. The summed E-state index contributed by atoms with van der Waals surface area (Å²) in [6, 6.07) is 7.07. The Hall–Kier alpha value is -1.61. The number of fused-ring (bicyclic) bond motifs is 1. The van der Waals surface area contributed by atoms with Gasteiger partial charge in [-0.1, -0.05) is 11.6 Å². The monoisotopic (exact) mass is 206 g/mol. The van der Waals surface area contributed by atoms with E-state index in [1.54, 1.807) is 18.2 Å². The van der Waals surface area contributed by atoms with Crippen LogP contribution < -0.4 is 0 Å². The first-order valence-corrected chi connectivity index (χ1v) is 4.38. The molecule has 0 spiro atoms. The summed E-state index contributed by atoms with van der Waals surface area (Å²) < 4.78 is 0. The number of nitrogens with zero attached hydrogens (tertiary/aromatic N) is 1. The van der Waals surface area contributed by atoms with E-state index >= 15 is 0 Å². The van der Waals surface area contributed by atoms with Crippen LogP contribution in [-0.4, -0.2) is 17.6 Å². The standard InChI is InChI=1S/C10H7ClN2O/c1-12-10(14)9-5-6-4-7(11)2-3-8(6)13-9/h2-5,13H,1H2. The van der Waals surface area contributed by atoms with Crippen LogP contribution in [0.4, 0.5) is 0 Å². The highest BCUT2D eigenvalue weighted by Gasteiger charge is 2.06. The van der Waals surface area contributed by atoms with Gasteiger partial charge in [-0.2, -0.15) is 0 Å². The van der Waals surface area contributed by atoms with E-state index in [0.29, 0.717) is 10.7 Å². The summed E-state index contributed by atoms with van der Waals surface area (Å²) in [5, 5.41) is 1.53. The van der Waals surface area contributed by atoms with Gasteiger partial charge >= 0.3 is 0 Å². The maximum Gasteiger partial charge on any atom is 0.292 e. The molecule has 2 aromatic rings. The molecule has 0 aliphatic heterocycles. The summed E-state index contributed by atoms with van der Waals surface area (Å²) in [5.41, 5.74) is 1.29. The topological polar surface area (TPSA) is 45.2 Å². The van der Waals surface area contributed by atoms with Gasteiger partial charge in [0.25, 0.3) is 5.91 Å². The van der Waals surface area contributed by atoms with Crippen LogP contribution in [0.5, 0.6) is 0 Å². The molecule has 0 aliphatic carbocycles. The molecule has 1 amide bonds. The molecule has 1 aromatic carbocycles. The molecule has 0 bridgehead atoms. The average molecular weight is 207 g/mol. The number of carbonyl (C=O) groups excluding carboxylic acids is 1. The first-order chi connectivity index (χ1) is 6.70. The number of amides is 1. The zero-order chi connectivity index (χ0) is 10.1. The van der Waals surface area contributed by atoms with Crippen LogP contribution in [0.15, 0.2) is 29.3 Å². The van der Waals surface area contributed by atoms with E-state index in [9.17, 15) is 4.79 Å². The zero-order valence-electron chi connectivity index (χ0n) is 7.25. The lowest BCUT2D eigenvalue weighted by Crippen LogP contribution is -1.92. The van der Waals surface area contributed by atoms with Crippen molar-refractivity contribution in [3.8, 4) is 0 Å². The molecule has 0 saturated heterocycles. The van der Waals surface area contributed by atoms with Gasteiger partial charge in [0.1, 0.15) is 5.69 Å². The SMILES string of the molecule is C=NC(=O)c1cc2cc(Cl)ccc2[nH]1. The predicted octanol–water partition coefficient (Wildman–Crippen LogP) is 2.66. The van der Waals surface area contributed by atoms with Crippen molar-refractivity contribution < 1.29 is 4.79 Å². The van der Waals surface area contributed by atoms with Gasteiger partial charge in [0.15, 0.2) is 0 Å². The molecule has 0 saturated carbocycles. The number of halogens is 1. The number of carbonyl (C=O) groups is 1. The summed E-state index contributed by atoms with van der Waals surface area (Å²) in [6.07, 6.45) is 0. The van der Waals surface area contributed by atoms with Crippen molar-refractivity contribution >= 4 is 35.1 Å². The van der Waals surface area contributed by atoms with E-state index in [4.69, 9.17) is 11.6 Å². The smallest absolute Gasteiger partial charge is 0.292 e. The molecule has 0 unspecified atom stereocenters. The molecule has 3 nitrogen and oxygen atoms in total. The number of H-pyrrole nitrogens is 1. The molecule has 2 rings (SSSR count). The van der Waals surface area contributed by atoms with Crippen LogP contribution in [0.1, 0.15) is 10.5 Å². The number of rotatable bonds is 1. The molecule has 0 fully saturated rings. The van der Waals surface area contributed by atoms with Crippen LogP contribution in [0.2, 0.25) is 5.02 Å². The minimum atomic E-state index is -0.364. The van der Waals surface area contributed by atoms with Crippen molar-refractivity contribution in [2.75, 3.05) is 0 Å². The molecule has 1 heterocycles. The first-order valence-electron chi connectivity index (χ1n) is 4.00. The third-order valence-corrected chi connectivity index (χ3v) is 2.19. The fourth-order valence-electron chi connectivity index (χ4n) is 1.30. The highest BCUT2D eigenvalue weighted by molar-refractivity contribution is 6.31. The molecule has 1 aromatic heterocycles. The largest absolute Gasteiger partial charge is 0.350 e. The second-order valence-electron chi connectivity index (χ2n) is 2.88. The van der Waals surface area contributed by atoms with E-state index in [1.165, 1.54) is 0 Å². The maximum absolute atomic E-state index is 11.2. The number of aromatic nitrogens is 1. The van der Waals surface area contributed by atoms with Crippen LogP contribution >= 0.6 is 11.6 Å². The van der Waals surface area contributed by atoms with Gasteiger partial charge in [-0.15, -0.1) is 0 Å². The molecule has 0 aliphatic rings. The summed E-state index contributed by atoms with van der Waals surface area (Å²) in [6.45, 7) is 3.18. The van der Waals surface area contributed by atoms with Crippen molar-refractivity contribution in [3.63, 3.8) is 0 Å². The number of hydrogen-bond acceptors (Lipinski definition) is 1. The number of benzene rings is 1. The Morgan fingerprint density at radius 2 is 2.21 bits per heavy atom. The summed E-state index contributed by atoms with van der Waals surface area (Å²) in [7, 11) is 0. The Morgan fingerprint density at radius 3 is 2.93 bits per heavy atom. The molecule has 4 heteroatoms. The number of aromatic amines is 1. The molecule has 70 valence electrons. The number of aliphatic imine (C=N–C) groups is 1. The Balaban J connectivity index is 2.62. The van der Waals surface area contributed by atoms with Crippen molar-refractivity contribution in [2.24, 2.45) is 4.99 Å². The van der Waals surface area contributed by atoms with Gasteiger partial charge < -0.3 is 4.98 Å². The van der Waals surface area contributed by atoms with E-state index in [2.05, 4.69) is 16.7 Å². The second kappa shape index (κ2) is 3.27. The number of nitrogens with one attached hydrogen (secondary N) is 1. The highest BCUT2D eigenvalue weighted by atomic mass is 35.5. The van der Waals surface area contributed by atoms with Crippen LogP contribution in [-0.2, 0) is 0 Å². The minimum absolute atomic E-state index is 0.364. The fraction of sp³-hybridized carbons (Fsp3) is 0. The van der Waals surface area contributed by atoms with Gasteiger partial charge in [0, 0.05) is 15.9 Å². The maximum atomic E-state index is 11.2. The lowest BCUT2D eigenvalue weighted by molar-refractivity contribution is 0.1000. The number of hydrogen-bond donors (Lipinski definition) is 1. The van der Waals surface area contributed by atoms with Crippen LogP contribution in [0.3, 0.4) is 0 Å². The lowest BCUT2D eigenvalue weighted by atomic mass is 10.2. The van der Waals surface area contributed by atoms with Crippen molar-refractivity contribution in [2.45, 2.75) is 0 Å². The summed E-state index contributed by atoms with van der Waals surface area (Å²) >= 11 is 5.81. The summed E-state index contributed by atoms with van der Waals surface area (Å²) in [4.78, 5) is 17.4. The third kappa shape index (κ3) is 1.42. The van der Waals surface area contributed by atoms with E-state index in [0.717, 1.165) is 10.9 Å². The molecular weight excluding hydrogens is 200 g/mol. The van der Waals surface area contributed by atoms with Crippen LogP contribution in [0, 0.1) is 0 Å². The van der Waals surface area contributed by atoms with Gasteiger partial charge in [0.05, 0.1) is 0 Å². The van der Waals surface area contributed by atoms with Gasteiger partial charge in [-0.25, -0.2) is 4.99 Å². The minimum Gasteiger partial charge on any atom is -0.350 e. The fourth-order valence-corrected chi connectivity index (χ4v) is 1.48. The highest BCUT2D eigenvalue weighted by Crippen LogP contribution is 2.20. The van der Waals surface area contributed by atoms with Crippen LogP contribution in [0.25, 0.3) is 10.9 Å². The van der Waals surface area contributed by atoms with Gasteiger partial charge in [-0.05, 0) is 31.0 Å².